The average Bonchev–Trinajstić information content (AvgIpc) is 3.46. The molecule has 0 aliphatic heterocycles. The lowest BCUT2D eigenvalue weighted by Gasteiger charge is -2.21. The summed E-state index contributed by atoms with van der Waals surface area (Å²) in [6.45, 7) is 2.93. The molecule has 0 atom stereocenters. The van der Waals surface area contributed by atoms with E-state index >= 15 is 0 Å². The molecule has 158 valence electrons. The quantitative estimate of drug-likeness (QED) is 0.523. The number of hydrogen-bond acceptors (Lipinski definition) is 7. The molecule has 0 radical (unpaired) electrons. The molecule has 0 fully saturated rings. The van der Waals surface area contributed by atoms with Crippen LogP contribution in [0.25, 0.3) is 10.6 Å². The van der Waals surface area contributed by atoms with Gasteiger partial charge in [0.05, 0.1) is 13.4 Å². The molecular weight excluding hydrogens is 404 g/mol. The van der Waals surface area contributed by atoms with Crippen LogP contribution in [0.15, 0.2) is 47.1 Å². The SMILES string of the molecule is CCCCN(CCC(=O)Nc1nnc(-c2ccc(OC)cc2)s1)C(=O)c1ccco1. The van der Waals surface area contributed by atoms with Crippen molar-refractivity contribution in [1.29, 1.82) is 0 Å². The number of methoxy groups -OCH3 is 1. The van der Waals surface area contributed by atoms with Crippen LogP contribution in [0.5, 0.6) is 5.75 Å². The molecule has 0 aliphatic carbocycles. The van der Waals surface area contributed by atoms with E-state index in [1.54, 1.807) is 24.1 Å². The normalized spacial score (nSPS) is 10.6. The fourth-order valence-electron chi connectivity index (χ4n) is 2.76. The fourth-order valence-corrected chi connectivity index (χ4v) is 3.53. The Morgan fingerprint density at radius 1 is 1.17 bits per heavy atom. The number of nitrogens with zero attached hydrogens (tertiary/aromatic N) is 3. The Hall–Kier alpha value is -3.20. The molecule has 0 aliphatic rings. The second-order valence-corrected chi connectivity index (χ2v) is 7.54. The van der Waals surface area contributed by atoms with Gasteiger partial charge in [0.15, 0.2) is 5.76 Å². The predicted octanol–water partition coefficient (Wildman–Crippen LogP) is 4.08. The minimum atomic E-state index is -0.221. The number of amides is 2. The summed E-state index contributed by atoms with van der Waals surface area (Å²) < 4.78 is 10.4. The van der Waals surface area contributed by atoms with E-state index in [2.05, 4.69) is 22.4 Å². The maximum absolute atomic E-state index is 12.6. The highest BCUT2D eigenvalue weighted by molar-refractivity contribution is 7.18. The summed E-state index contributed by atoms with van der Waals surface area (Å²) in [4.78, 5) is 26.6. The lowest BCUT2D eigenvalue weighted by atomic mass is 10.2. The van der Waals surface area contributed by atoms with Crippen LogP contribution in [-0.2, 0) is 4.79 Å². The standard InChI is InChI=1S/C21H24N4O4S/c1-3-4-12-25(20(27)17-6-5-14-29-17)13-11-18(26)22-21-24-23-19(30-21)15-7-9-16(28-2)10-8-15/h5-10,14H,3-4,11-13H2,1-2H3,(H,22,24,26). The van der Waals surface area contributed by atoms with Gasteiger partial charge < -0.3 is 19.4 Å². The van der Waals surface area contributed by atoms with Crippen molar-refractivity contribution in [3.63, 3.8) is 0 Å². The lowest BCUT2D eigenvalue weighted by Crippen LogP contribution is -2.34. The van der Waals surface area contributed by atoms with Gasteiger partial charge in [-0.05, 0) is 42.8 Å². The van der Waals surface area contributed by atoms with Gasteiger partial charge in [-0.1, -0.05) is 24.7 Å². The maximum Gasteiger partial charge on any atom is 0.289 e. The molecule has 3 rings (SSSR count). The van der Waals surface area contributed by atoms with Crippen molar-refractivity contribution in [2.45, 2.75) is 26.2 Å². The van der Waals surface area contributed by atoms with E-state index < -0.39 is 0 Å². The number of aromatic nitrogens is 2. The number of carbonyl (C=O) groups is 2. The Labute approximate surface area is 178 Å². The highest BCUT2D eigenvalue weighted by Crippen LogP contribution is 2.27. The van der Waals surface area contributed by atoms with Crippen molar-refractivity contribution in [3.05, 3.63) is 48.4 Å². The number of nitrogens with one attached hydrogen (secondary N) is 1. The van der Waals surface area contributed by atoms with Gasteiger partial charge in [0.1, 0.15) is 10.8 Å². The molecule has 1 aromatic carbocycles. The van der Waals surface area contributed by atoms with Gasteiger partial charge >= 0.3 is 0 Å². The van der Waals surface area contributed by atoms with E-state index in [0.717, 1.165) is 24.2 Å². The van der Waals surface area contributed by atoms with Crippen LogP contribution in [0.4, 0.5) is 5.13 Å². The molecule has 0 saturated carbocycles. The van der Waals surface area contributed by atoms with Crippen molar-refractivity contribution < 1.29 is 18.7 Å². The van der Waals surface area contributed by atoms with E-state index in [0.29, 0.717) is 23.2 Å². The van der Waals surface area contributed by atoms with Gasteiger partial charge in [-0.25, -0.2) is 0 Å². The minimum absolute atomic E-state index is 0.160. The Balaban J connectivity index is 1.56. The zero-order valence-electron chi connectivity index (χ0n) is 17.0. The van der Waals surface area contributed by atoms with Crippen LogP contribution in [0.2, 0.25) is 0 Å². The molecule has 2 aromatic heterocycles. The van der Waals surface area contributed by atoms with Gasteiger partial charge in [-0.3, -0.25) is 9.59 Å². The number of anilines is 1. The van der Waals surface area contributed by atoms with Gasteiger partial charge in [0.25, 0.3) is 5.91 Å². The van der Waals surface area contributed by atoms with Crippen LogP contribution >= 0.6 is 11.3 Å². The molecule has 0 bridgehead atoms. The predicted molar refractivity (Wildman–Crippen MR) is 115 cm³/mol. The van der Waals surface area contributed by atoms with Gasteiger partial charge in [0.2, 0.25) is 11.0 Å². The summed E-state index contributed by atoms with van der Waals surface area (Å²) in [7, 11) is 1.61. The third-order valence-corrected chi connectivity index (χ3v) is 5.31. The second kappa shape index (κ2) is 10.5. The van der Waals surface area contributed by atoms with Crippen molar-refractivity contribution in [2.75, 3.05) is 25.5 Å². The third kappa shape index (κ3) is 5.66. The summed E-state index contributed by atoms with van der Waals surface area (Å²) in [5.41, 5.74) is 0.892. The van der Waals surface area contributed by atoms with Gasteiger partial charge in [0, 0.05) is 25.1 Å². The molecule has 30 heavy (non-hydrogen) atoms. The van der Waals surface area contributed by atoms with Crippen molar-refractivity contribution in [1.82, 2.24) is 15.1 Å². The van der Waals surface area contributed by atoms with Crippen LogP contribution in [0.1, 0.15) is 36.7 Å². The first-order chi connectivity index (χ1) is 14.6. The molecule has 2 amide bonds. The van der Waals surface area contributed by atoms with Crippen molar-refractivity contribution in [3.8, 4) is 16.3 Å². The van der Waals surface area contributed by atoms with E-state index in [1.807, 2.05) is 24.3 Å². The average molecular weight is 429 g/mol. The smallest absolute Gasteiger partial charge is 0.289 e. The van der Waals surface area contributed by atoms with Crippen LogP contribution in [-0.4, -0.2) is 47.1 Å². The van der Waals surface area contributed by atoms with Crippen molar-refractivity contribution >= 4 is 28.3 Å². The van der Waals surface area contributed by atoms with Crippen LogP contribution in [0, 0.1) is 0 Å². The first-order valence-corrected chi connectivity index (χ1v) is 10.5. The first-order valence-electron chi connectivity index (χ1n) is 9.71. The van der Waals surface area contributed by atoms with Gasteiger partial charge in [-0.2, -0.15) is 0 Å². The minimum Gasteiger partial charge on any atom is -0.497 e. The summed E-state index contributed by atoms with van der Waals surface area (Å²) in [6.07, 6.45) is 3.43. The summed E-state index contributed by atoms with van der Waals surface area (Å²) in [6, 6.07) is 10.8. The maximum atomic E-state index is 12.6. The molecular formula is C21H24N4O4S. The van der Waals surface area contributed by atoms with Crippen molar-refractivity contribution in [2.24, 2.45) is 0 Å². The Morgan fingerprint density at radius 2 is 1.97 bits per heavy atom. The number of carbonyl (C=O) groups excluding carboxylic acids is 2. The summed E-state index contributed by atoms with van der Waals surface area (Å²) >= 11 is 1.29. The molecule has 8 nitrogen and oxygen atoms in total. The summed E-state index contributed by atoms with van der Waals surface area (Å²) in [5.74, 6) is 0.605. The molecule has 0 unspecified atom stereocenters. The van der Waals surface area contributed by atoms with E-state index in [-0.39, 0.29) is 24.0 Å². The number of benzene rings is 1. The highest BCUT2D eigenvalue weighted by Gasteiger charge is 2.19. The zero-order chi connectivity index (χ0) is 21.3. The van der Waals surface area contributed by atoms with Gasteiger partial charge in [-0.15, -0.1) is 10.2 Å². The third-order valence-electron chi connectivity index (χ3n) is 4.42. The number of ether oxygens (including phenoxy) is 1. The Bertz CT molecular complexity index is 954. The molecule has 1 N–H and O–H groups in total. The molecule has 2 heterocycles. The Kier molecular flexibility index (Phi) is 7.56. The number of unbranched alkanes of at least 4 members (excludes halogenated alkanes) is 1. The zero-order valence-corrected chi connectivity index (χ0v) is 17.8. The number of rotatable bonds is 10. The topological polar surface area (TPSA) is 97.6 Å². The largest absolute Gasteiger partial charge is 0.497 e. The highest BCUT2D eigenvalue weighted by atomic mass is 32.1. The molecule has 3 aromatic rings. The number of hydrogen-bond donors (Lipinski definition) is 1. The van der Waals surface area contributed by atoms with E-state index in [9.17, 15) is 9.59 Å². The Morgan fingerprint density at radius 3 is 2.63 bits per heavy atom. The fraction of sp³-hybridized carbons (Fsp3) is 0.333. The first kappa shape index (κ1) is 21.5. The molecule has 9 heteroatoms. The molecule has 0 spiro atoms. The molecule has 0 saturated heterocycles. The second-order valence-electron chi connectivity index (χ2n) is 6.56. The lowest BCUT2D eigenvalue weighted by molar-refractivity contribution is -0.116. The summed E-state index contributed by atoms with van der Waals surface area (Å²) in [5, 5.41) is 12.0. The number of furan rings is 1. The van der Waals surface area contributed by atoms with Crippen LogP contribution < -0.4 is 10.1 Å². The van der Waals surface area contributed by atoms with E-state index in [1.165, 1.54) is 17.6 Å². The van der Waals surface area contributed by atoms with E-state index in [4.69, 9.17) is 9.15 Å². The van der Waals surface area contributed by atoms with Crippen LogP contribution in [0.3, 0.4) is 0 Å². The monoisotopic (exact) mass is 428 g/mol.